The highest BCUT2D eigenvalue weighted by atomic mass is 16.5. The third kappa shape index (κ3) is 2.68. The summed E-state index contributed by atoms with van der Waals surface area (Å²) in [4.78, 5) is 12.3. The molecule has 0 aromatic carbocycles. The summed E-state index contributed by atoms with van der Waals surface area (Å²) in [5, 5.41) is 0. The number of hydrogen-bond donors (Lipinski definition) is 0. The van der Waals surface area contributed by atoms with E-state index in [2.05, 4.69) is 20.8 Å². The highest BCUT2D eigenvalue weighted by molar-refractivity contribution is 5.80. The summed E-state index contributed by atoms with van der Waals surface area (Å²) in [6, 6.07) is 0. The fourth-order valence-electron chi connectivity index (χ4n) is 6.68. The van der Waals surface area contributed by atoms with Crippen molar-refractivity contribution in [3.8, 4) is 0 Å². The molecular formula is C18H30O2. The van der Waals surface area contributed by atoms with Gasteiger partial charge in [-0.2, -0.15) is 0 Å². The number of carbonyl (C=O) groups excluding carboxylic acids is 1. The van der Waals surface area contributed by atoms with Gasteiger partial charge in [-0.25, -0.2) is 0 Å². The quantitative estimate of drug-likeness (QED) is 0.674. The molecule has 0 radical (unpaired) electrons. The normalized spacial score (nSPS) is 45.9. The Morgan fingerprint density at radius 3 is 2.30 bits per heavy atom. The molecule has 4 fully saturated rings. The van der Waals surface area contributed by atoms with Crippen LogP contribution in [-0.4, -0.2) is 19.0 Å². The van der Waals surface area contributed by atoms with Crippen LogP contribution in [0.2, 0.25) is 0 Å². The third-order valence-electron chi connectivity index (χ3n) is 5.93. The van der Waals surface area contributed by atoms with E-state index in [-0.39, 0.29) is 0 Å². The van der Waals surface area contributed by atoms with E-state index in [1.807, 2.05) is 0 Å². The van der Waals surface area contributed by atoms with E-state index < -0.39 is 0 Å². The molecule has 4 bridgehead atoms. The Kier molecular flexibility index (Phi) is 3.52. The van der Waals surface area contributed by atoms with Gasteiger partial charge in [0.05, 0.1) is 0 Å². The van der Waals surface area contributed by atoms with Gasteiger partial charge in [0.25, 0.3) is 0 Å². The molecule has 2 nitrogen and oxygen atoms in total. The molecule has 4 aliphatic rings. The lowest BCUT2D eigenvalue weighted by Crippen LogP contribution is -2.55. The Morgan fingerprint density at radius 1 is 1.10 bits per heavy atom. The molecule has 0 aliphatic heterocycles. The summed E-state index contributed by atoms with van der Waals surface area (Å²) in [6.07, 6.45) is 9.85. The van der Waals surface area contributed by atoms with Gasteiger partial charge in [0, 0.05) is 13.0 Å². The van der Waals surface area contributed by atoms with Crippen LogP contribution in [0.15, 0.2) is 0 Å². The van der Waals surface area contributed by atoms with Crippen molar-refractivity contribution >= 4 is 5.78 Å². The highest BCUT2D eigenvalue weighted by Gasteiger charge is 2.60. The Hall–Kier alpha value is -0.370. The lowest BCUT2D eigenvalue weighted by Gasteiger charge is -2.65. The van der Waals surface area contributed by atoms with E-state index in [0.29, 0.717) is 28.6 Å². The van der Waals surface area contributed by atoms with Gasteiger partial charge in [0.1, 0.15) is 6.61 Å². The Morgan fingerprint density at radius 2 is 1.75 bits per heavy atom. The molecule has 0 spiro atoms. The van der Waals surface area contributed by atoms with Crippen molar-refractivity contribution < 1.29 is 9.53 Å². The standard InChI is InChI=1S/C18H30O2/c1-4-5-20-10-15(19)9-18-8-14-6-16(2,12-18)11-17(3,7-14)13-18/h14H,4-13H2,1-3H3. The number of ketones is 1. The summed E-state index contributed by atoms with van der Waals surface area (Å²) < 4.78 is 5.46. The van der Waals surface area contributed by atoms with Gasteiger partial charge in [-0.15, -0.1) is 0 Å². The van der Waals surface area contributed by atoms with Gasteiger partial charge < -0.3 is 4.74 Å². The average Bonchev–Trinajstić information content (AvgIpc) is 2.22. The number of carbonyl (C=O) groups is 1. The molecule has 4 aliphatic carbocycles. The van der Waals surface area contributed by atoms with Crippen LogP contribution in [0.3, 0.4) is 0 Å². The summed E-state index contributed by atoms with van der Waals surface area (Å²) >= 11 is 0. The Labute approximate surface area is 123 Å². The zero-order valence-corrected chi connectivity index (χ0v) is 13.5. The first-order chi connectivity index (χ1) is 9.36. The minimum absolute atomic E-state index is 0.315. The van der Waals surface area contributed by atoms with Crippen LogP contribution in [0.25, 0.3) is 0 Å². The minimum atomic E-state index is 0.315. The van der Waals surface area contributed by atoms with Crippen molar-refractivity contribution in [2.24, 2.45) is 22.2 Å². The second-order valence-electron chi connectivity index (χ2n) is 8.90. The van der Waals surface area contributed by atoms with Crippen LogP contribution in [0.5, 0.6) is 0 Å². The fourth-order valence-corrected chi connectivity index (χ4v) is 6.68. The van der Waals surface area contributed by atoms with Crippen molar-refractivity contribution in [1.82, 2.24) is 0 Å². The molecule has 0 N–H and O–H groups in total. The molecule has 114 valence electrons. The average molecular weight is 278 g/mol. The number of Topliss-reactive ketones (excluding diaryl/α,β-unsaturated/α-hetero) is 1. The minimum Gasteiger partial charge on any atom is -0.374 e. The molecular weight excluding hydrogens is 248 g/mol. The maximum absolute atomic E-state index is 12.3. The van der Waals surface area contributed by atoms with Crippen LogP contribution in [0.1, 0.15) is 72.1 Å². The van der Waals surface area contributed by atoms with Crippen LogP contribution >= 0.6 is 0 Å². The van der Waals surface area contributed by atoms with Crippen molar-refractivity contribution in [3.63, 3.8) is 0 Å². The number of rotatable bonds is 6. The molecule has 0 saturated heterocycles. The molecule has 2 atom stereocenters. The fraction of sp³-hybridized carbons (Fsp3) is 0.944. The summed E-state index contributed by atoms with van der Waals surface area (Å²) in [5.41, 5.74) is 1.34. The van der Waals surface area contributed by atoms with Gasteiger partial charge in [0.15, 0.2) is 5.78 Å². The smallest absolute Gasteiger partial charge is 0.159 e. The maximum Gasteiger partial charge on any atom is 0.159 e. The van der Waals surface area contributed by atoms with Crippen molar-refractivity contribution in [1.29, 1.82) is 0 Å². The molecule has 4 rings (SSSR count). The lowest BCUT2D eigenvalue weighted by atomic mass is 9.39. The van der Waals surface area contributed by atoms with E-state index in [1.165, 1.54) is 38.5 Å². The van der Waals surface area contributed by atoms with E-state index in [0.717, 1.165) is 25.4 Å². The summed E-state index contributed by atoms with van der Waals surface area (Å²) in [7, 11) is 0. The topological polar surface area (TPSA) is 26.3 Å². The zero-order chi connectivity index (χ0) is 14.4. The summed E-state index contributed by atoms with van der Waals surface area (Å²) in [6.45, 7) is 8.10. The van der Waals surface area contributed by atoms with Gasteiger partial charge in [0.2, 0.25) is 0 Å². The van der Waals surface area contributed by atoms with Gasteiger partial charge in [-0.05, 0) is 67.1 Å². The van der Waals surface area contributed by atoms with Crippen LogP contribution in [0.4, 0.5) is 0 Å². The van der Waals surface area contributed by atoms with Crippen LogP contribution in [0, 0.1) is 22.2 Å². The second kappa shape index (κ2) is 4.83. The first kappa shape index (κ1) is 14.6. The molecule has 20 heavy (non-hydrogen) atoms. The first-order valence-electron chi connectivity index (χ1n) is 8.46. The largest absolute Gasteiger partial charge is 0.374 e. The van der Waals surface area contributed by atoms with Gasteiger partial charge in [-0.3, -0.25) is 4.79 Å². The van der Waals surface area contributed by atoms with Gasteiger partial charge in [-0.1, -0.05) is 20.8 Å². The van der Waals surface area contributed by atoms with Crippen LogP contribution < -0.4 is 0 Å². The van der Waals surface area contributed by atoms with E-state index >= 15 is 0 Å². The lowest BCUT2D eigenvalue weighted by molar-refractivity contribution is -0.156. The van der Waals surface area contributed by atoms with E-state index in [9.17, 15) is 4.79 Å². The third-order valence-corrected chi connectivity index (χ3v) is 5.93. The molecule has 0 aromatic heterocycles. The molecule has 0 heterocycles. The number of ether oxygens (including phenoxy) is 1. The van der Waals surface area contributed by atoms with Crippen molar-refractivity contribution in [2.75, 3.05) is 13.2 Å². The summed E-state index contributed by atoms with van der Waals surface area (Å²) in [5.74, 6) is 1.22. The maximum atomic E-state index is 12.3. The van der Waals surface area contributed by atoms with Gasteiger partial charge >= 0.3 is 0 Å². The van der Waals surface area contributed by atoms with E-state index in [4.69, 9.17) is 4.74 Å². The van der Waals surface area contributed by atoms with Crippen LogP contribution in [-0.2, 0) is 9.53 Å². The van der Waals surface area contributed by atoms with E-state index in [1.54, 1.807) is 0 Å². The Bertz CT molecular complexity index is 382. The highest BCUT2D eigenvalue weighted by Crippen LogP contribution is 2.70. The predicted molar refractivity (Wildman–Crippen MR) is 80.6 cm³/mol. The molecule has 4 saturated carbocycles. The predicted octanol–water partition coefficient (Wildman–Crippen LogP) is 4.37. The SMILES string of the molecule is CCCOCC(=O)CC12CC3CC(C)(CC(C)(C3)C1)C2. The number of hydrogen-bond acceptors (Lipinski definition) is 2. The molecule has 0 aromatic rings. The zero-order valence-electron chi connectivity index (χ0n) is 13.5. The van der Waals surface area contributed by atoms with Crippen molar-refractivity contribution in [3.05, 3.63) is 0 Å². The second-order valence-corrected chi connectivity index (χ2v) is 8.90. The molecule has 0 amide bonds. The molecule has 2 unspecified atom stereocenters. The van der Waals surface area contributed by atoms with Crippen molar-refractivity contribution in [2.45, 2.75) is 72.1 Å². The Balaban J connectivity index is 1.68. The molecule has 2 heteroatoms. The first-order valence-corrected chi connectivity index (χ1v) is 8.46. The monoisotopic (exact) mass is 278 g/mol.